The molecule has 0 amide bonds. The van der Waals surface area contributed by atoms with Gasteiger partial charge in [0.25, 0.3) is 0 Å². The molecule has 24 heavy (non-hydrogen) atoms. The predicted octanol–water partition coefficient (Wildman–Crippen LogP) is 2.42. The number of carbonyl (C=O) groups is 1. The second-order valence-corrected chi connectivity index (χ2v) is 7.76. The Labute approximate surface area is 141 Å². The summed E-state index contributed by atoms with van der Waals surface area (Å²) in [6, 6.07) is 15.4. The molecule has 0 unspecified atom stereocenters. The molecule has 0 aliphatic rings. The van der Waals surface area contributed by atoms with Crippen LogP contribution in [0.15, 0.2) is 59.5 Å². The van der Waals surface area contributed by atoms with E-state index in [1.165, 1.54) is 12.1 Å². The van der Waals surface area contributed by atoms with Gasteiger partial charge < -0.3 is 10.2 Å². The molecule has 2 aromatic carbocycles. The van der Waals surface area contributed by atoms with E-state index in [0.29, 0.717) is 5.56 Å². The van der Waals surface area contributed by atoms with Crippen LogP contribution in [0.25, 0.3) is 0 Å². The van der Waals surface area contributed by atoms with Crippen molar-refractivity contribution in [2.45, 2.75) is 23.2 Å². The quantitative estimate of drug-likeness (QED) is 0.802. The Morgan fingerprint density at radius 1 is 0.958 bits per heavy atom. The molecule has 2 rings (SSSR count). The molecule has 6 heteroatoms. The maximum absolute atomic E-state index is 11.6. The first-order chi connectivity index (χ1) is 11.3. The van der Waals surface area contributed by atoms with Crippen LogP contribution >= 0.6 is 0 Å². The third kappa shape index (κ3) is 4.43. The summed E-state index contributed by atoms with van der Waals surface area (Å²) in [5.41, 5.74) is 1.53. The zero-order chi connectivity index (χ0) is 17.7. The Balaban J connectivity index is 2.40. The number of hydrogen-bond donors (Lipinski definition) is 2. The first kappa shape index (κ1) is 18.2. The molecule has 2 aromatic rings. The summed E-state index contributed by atoms with van der Waals surface area (Å²) in [7, 11) is -3.30. The van der Waals surface area contributed by atoms with Crippen LogP contribution in [0, 0.1) is 0 Å². The second kappa shape index (κ2) is 7.59. The summed E-state index contributed by atoms with van der Waals surface area (Å²) in [6.45, 7) is -0.231. The van der Waals surface area contributed by atoms with E-state index >= 15 is 0 Å². The fourth-order valence-electron chi connectivity index (χ4n) is 2.81. The SMILES string of the molecule is CS(=O)(=O)c1ccc([C@@H](CO)[C@@H](CC(=O)O)c2ccccc2)cc1. The smallest absolute Gasteiger partial charge is 0.303 e. The number of aliphatic hydroxyl groups is 1. The molecule has 0 saturated heterocycles. The van der Waals surface area contributed by atoms with E-state index in [9.17, 15) is 23.4 Å². The van der Waals surface area contributed by atoms with Gasteiger partial charge in [0.15, 0.2) is 9.84 Å². The van der Waals surface area contributed by atoms with Crippen molar-refractivity contribution in [1.82, 2.24) is 0 Å². The number of carboxylic acid groups (broad SMARTS) is 1. The third-order valence-corrected chi connectivity index (χ3v) is 5.17. The Kier molecular flexibility index (Phi) is 5.75. The molecule has 0 spiro atoms. The van der Waals surface area contributed by atoms with Crippen LogP contribution in [0.2, 0.25) is 0 Å². The fraction of sp³-hybridized carbons (Fsp3) is 0.278. The number of aliphatic hydroxyl groups excluding tert-OH is 1. The first-order valence-electron chi connectivity index (χ1n) is 7.50. The third-order valence-electron chi connectivity index (χ3n) is 4.04. The molecule has 0 radical (unpaired) electrons. The standard InChI is InChI=1S/C18H20O5S/c1-24(22,23)15-9-7-14(8-10-15)17(12-19)16(11-18(20)21)13-5-3-2-4-6-13/h2-10,16-17,19H,11-12H2,1H3,(H,20,21)/t16-,17+/m0/s1. The molecule has 0 aromatic heterocycles. The molecule has 0 fully saturated rings. The normalized spacial score (nSPS) is 14.1. The van der Waals surface area contributed by atoms with Gasteiger partial charge in [-0.25, -0.2) is 8.42 Å². The van der Waals surface area contributed by atoms with E-state index in [1.54, 1.807) is 12.1 Å². The summed E-state index contributed by atoms with van der Waals surface area (Å²) >= 11 is 0. The minimum atomic E-state index is -3.30. The lowest BCUT2D eigenvalue weighted by atomic mass is 9.80. The van der Waals surface area contributed by atoms with Gasteiger partial charge in [-0.3, -0.25) is 4.79 Å². The zero-order valence-corrected chi connectivity index (χ0v) is 14.1. The lowest BCUT2D eigenvalue weighted by Crippen LogP contribution is -2.18. The van der Waals surface area contributed by atoms with Crippen molar-refractivity contribution in [3.8, 4) is 0 Å². The monoisotopic (exact) mass is 348 g/mol. The van der Waals surface area contributed by atoms with Crippen LogP contribution in [0.3, 0.4) is 0 Å². The largest absolute Gasteiger partial charge is 0.481 e. The maximum atomic E-state index is 11.6. The van der Waals surface area contributed by atoms with Gasteiger partial charge in [0, 0.05) is 18.1 Å². The van der Waals surface area contributed by atoms with Gasteiger partial charge in [0.1, 0.15) is 0 Å². The van der Waals surface area contributed by atoms with E-state index < -0.39 is 27.6 Å². The highest BCUT2D eigenvalue weighted by Gasteiger charge is 2.26. The Bertz CT molecular complexity index is 782. The van der Waals surface area contributed by atoms with Crippen molar-refractivity contribution in [3.63, 3.8) is 0 Å². The summed E-state index contributed by atoms with van der Waals surface area (Å²) in [4.78, 5) is 11.5. The van der Waals surface area contributed by atoms with Crippen LogP contribution in [-0.2, 0) is 14.6 Å². The molecule has 2 N–H and O–H groups in total. The van der Waals surface area contributed by atoms with Crippen molar-refractivity contribution in [1.29, 1.82) is 0 Å². The van der Waals surface area contributed by atoms with Crippen molar-refractivity contribution in [3.05, 3.63) is 65.7 Å². The van der Waals surface area contributed by atoms with E-state index in [2.05, 4.69) is 0 Å². The lowest BCUT2D eigenvalue weighted by molar-refractivity contribution is -0.137. The van der Waals surface area contributed by atoms with Crippen LogP contribution in [0.5, 0.6) is 0 Å². The second-order valence-electron chi connectivity index (χ2n) is 5.75. The summed E-state index contributed by atoms with van der Waals surface area (Å²) in [5.74, 6) is -1.79. The number of benzene rings is 2. The number of carboxylic acids is 1. The molecule has 0 saturated carbocycles. The first-order valence-corrected chi connectivity index (χ1v) is 9.39. The van der Waals surface area contributed by atoms with E-state index in [1.807, 2.05) is 30.3 Å². The molecule has 0 bridgehead atoms. The van der Waals surface area contributed by atoms with Gasteiger partial charge in [-0.15, -0.1) is 0 Å². The van der Waals surface area contributed by atoms with Gasteiger partial charge >= 0.3 is 5.97 Å². The zero-order valence-electron chi connectivity index (χ0n) is 13.3. The van der Waals surface area contributed by atoms with Gasteiger partial charge in [-0.1, -0.05) is 42.5 Å². The highest BCUT2D eigenvalue weighted by Crippen LogP contribution is 2.35. The highest BCUT2D eigenvalue weighted by molar-refractivity contribution is 7.90. The van der Waals surface area contributed by atoms with E-state index in [0.717, 1.165) is 11.8 Å². The van der Waals surface area contributed by atoms with Crippen molar-refractivity contribution >= 4 is 15.8 Å². The highest BCUT2D eigenvalue weighted by atomic mass is 32.2. The summed E-state index contributed by atoms with van der Waals surface area (Å²) in [5, 5.41) is 19.1. The topological polar surface area (TPSA) is 91.7 Å². The van der Waals surface area contributed by atoms with Gasteiger partial charge in [0.2, 0.25) is 0 Å². The molecule has 0 aliphatic heterocycles. The van der Waals surface area contributed by atoms with Crippen LogP contribution < -0.4 is 0 Å². The lowest BCUT2D eigenvalue weighted by Gasteiger charge is -2.25. The molecule has 5 nitrogen and oxygen atoms in total. The minimum Gasteiger partial charge on any atom is -0.481 e. The van der Waals surface area contributed by atoms with Crippen LogP contribution in [0.1, 0.15) is 29.4 Å². The Morgan fingerprint density at radius 2 is 1.50 bits per heavy atom. The van der Waals surface area contributed by atoms with Gasteiger partial charge in [0.05, 0.1) is 17.9 Å². The molecule has 0 heterocycles. The predicted molar refractivity (Wildman–Crippen MR) is 90.8 cm³/mol. The molecule has 0 aliphatic carbocycles. The van der Waals surface area contributed by atoms with Crippen molar-refractivity contribution in [2.75, 3.05) is 12.9 Å². The van der Waals surface area contributed by atoms with E-state index in [-0.39, 0.29) is 17.9 Å². The van der Waals surface area contributed by atoms with Crippen molar-refractivity contribution in [2.24, 2.45) is 0 Å². The van der Waals surface area contributed by atoms with Gasteiger partial charge in [-0.05, 0) is 23.3 Å². The minimum absolute atomic E-state index is 0.122. The van der Waals surface area contributed by atoms with Crippen LogP contribution in [-0.4, -0.2) is 37.5 Å². The van der Waals surface area contributed by atoms with Crippen LogP contribution in [0.4, 0.5) is 0 Å². The molecule has 2 atom stereocenters. The summed E-state index contributed by atoms with van der Waals surface area (Å²) in [6.07, 6.45) is 1.01. The Morgan fingerprint density at radius 3 is 1.96 bits per heavy atom. The average molecular weight is 348 g/mol. The molecular formula is C18H20O5S. The number of aliphatic carboxylic acids is 1. The fourth-order valence-corrected chi connectivity index (χ4v) is 3.44. The Hall–Kier alpha value is -2.18. The number of sulfone groups is 1. The summed E-state index contributed by atoms with van der Waals surface area (Å²) < 4.78 is 23.1. The van der Waals surface area contributed by atoms with Crippen molar-refractivity contribution < 1.29 is 23.4 Å². The number of rotatable bonds is 7. The van der Waals surface area contributed by atoms with E-state index in [4.69, 9.17) is 0 Å². The number of hydrogen-bond acceptors (Lipinski definition) is 4. The maximum Gasteiger partial charge on any atom is 0.303 e. The van der Waals surface area contributed by atoms with Gasteiger partial charge in [-0.2, -0.15) is 0 Å². The molecule has 128 valence electrons. The molecular weight excluding hydrogens is 328 g/mol. The average Bonchev–Trinajstić information content (AvgIpc) is 2.55.